The van der Waals surface area contributed by atoms with Crippen molar-refractivity contribution in [2.24, 2.45) is 5.92 Å². The summed E-state index contributed by atoms with van der Waals surface area (Å²) < 4.78 is 13.3. The van der Waals surface area contributed by atoms with Crippen LogP contribution >= 0.6 is 0 Å². The second-order valence-corrected chi connectivity index (χ2v) is 5.51. The van der Waals surface area contributed by atoms with E-state index in [1.54, 1.807) is 6.07 Å². The number of carboxylic acids is 1. The highest BCUT2D eigenvalue weighted by molar-refractivity contribution is 5.85. The van der Waals surface area contributed by atoms with Gasteiger partial charge in [-0.2, -0.15) is 0 Å². The average Bonchev–Trinajstić information content (AvgIpc) is 2.34. The van der Waals surface area contributed by atoms with Gasteiger partial charge in [0.2, 0.25) is 0 Å². The third-order valence-corrected chi connectivity index (χ3v) is 3.75. The van der Waals surface area contributed by atoms with Crippen molar-refractivity contribution < 1.29 is 14.3 Å². The Kier molecular flexibility index (Phi) is 4.90. The molecule has 0 radical (unpaired) electrons. The highest BCUT2D eigenvalue weighted by Gasteiger charge is 2.19. The fraction of sp³-hybridized carbons (Fsp3) is 0.438. The van der Waals surface area contributed by atoms with E-state index in [1.807, 2.05) is 7.05 Å². The zero-order valence-corrected chi connectivity index (χ0v) is 11.7. The van der Waals surface area contributed by atoms with Crippen molar-refractivity contribution in [3.8, 4) is 0 Å². The molecule has 0 saturated heterocycles. The molecule has 2 rings (SSSR count). The summed E-state index contributed by atoms with van der Waals surface area (Å²) in [6.45, 7) is 1.75. The Morgan fingerprint density at radius 2 is 2.25 bits per heavy atom. The minimum atomic E-state index is -1.02. The molecule has 1 aliphatic rings. The van der Waals surface area contributed by atoms with Crippen LogP contribution in [-0.4, -0.2) is 29.6 Å². The van der Waals surface area contributed by atoms with Gasteiger partial charge in [0.15, 0.2) is 0 Å². The van der Waals surface area contributed by atoms with Gasteiger partial charge in [-0.15, -0.1) is 0 Å². The molecule has 0 unspecified atom stereocenters. The number of halogens is 1. The van der Waals surface area contributed by atoms with Gasteiger partial charge in [-0.3, -0.25) is 0 Å². The molecule has 1 fully saturated rings. The van der Waals surface area contributed by atoms with Crippen molar-refractivity contribution in [3.63, 3.8) is 0 Å². The molecule has 0 aromatic heterocycles. The molecule has 0 atom stereocenters. The fourth-order valence-electron chi connectivity index (χ4n) is 2.50. The van der Waals surface area contributed by atoms with E-state index in [2.05, 4.69) is 4.90 Å². The number of carbonyl (C=O) groups is 1. The standard InChI is InChI=1S/C16H20FNO2/c1-18(10-12-3-2-4-12)11-14-5-7-15(17)9-13(14)6-8-16(19)20/h5-9,12H,2-4,10-11H2,1H3,(H,19,20). The molecule has 0 bridgehead atoms. The molecule has 0 spiro atoms. The third kappa shape index (κ3) is 4.17. The van der Waals surface area contributed by atoms with Gasteiger partial charge in [-0.1, -0.05) is 12.5 Å². The second-order valence-electron chi connectivity index (χ2n) is 5.51. The van der Waals surface area contributed by atoms with Gasteiger partial charge in [0.25, 0.3) is 0 Å². The van der Waals surface area contributed by atoms with E-state index in [9.17, 15) is 9.18 Å². The van der Waals surface area contributed by atoms with Gasteiger partial charge >= 0.3 is 5.97 Å². The number of benzene rings is 1. The molecule has 108 valence electrons. The van der Waals surface area contributed by atoms with Crippen LogP contribution < -0.4 is 0 Å². The molecule has 0 amide bonds. The molecular formula is C16H20FNO2. The smallest absolute Gasteiger partial charge is 0.328 e. The van der Waals surface area contributed by atoms with Crippen molar-refractivity contribution in [3.05, 3.63) is 41.2 Å². The maximum absolute atomic E-state index is 13.3. The summed E-state index contributed by atoms with van der Waals surface area (Å²) in [6, 6.07) is 4.53. The molecule has 20 heavy (non-hydrogen) atoms. The summed E-state index contributed by atoms with van der Waals surface area (Å²) in [5.41, 5.74) is 1.58. The van der Waals surface area contributed by atoms with Gasteiger partial charge in [-0.25, -0.2) is 9.18 Å². The maximum atomic E-state index is 13.3. The van der Waals surface area contributed by atoms with Crippen LogP contribution in [0.2, 0.25) is 0 Å². The van der Waals surface area contributed by atoms with E-state index in [1.165, 1.54) is 37.5 Å². The first kappa shape index (κ1) is 14.7. The Bertz CT molecular complexity index is 509. The molecule has 1 aromatic rings. The minimum absolute atomic E-state index is 0.347. The van der Waals surface area contributed by atoms with Crippen LogP contribution in [0.15, 0.2) is 24.3 Å². The van der Waals surface area contributed by atoms with Gasteiger partial charge in [-0.05, 0) is 55.1 Å². The number of nitrogens with zero attached hydrogens (tertiary/aromatic N) is 1. The van der Waals surface area contributed by atoms with E-state index in [-0.39, 0.29) is 5.82 Å². The second kappa shape index (κ2) is 6.66. The maximum Gasteiger partial charge on any atom is 0.328 e. The number of hydrogen-bond donors (Lipinski definition) is 1. The Balaban J connectivity index is 2.06. The van der Waals surface area contributed by atoms with E-state index < -0.39 is 5.97 Å². The van der Waals surface area contributed by atoms with E-state index in [4.69, 9.17) is 5.11 Å². The Hall–Kier alpha value is -1.68. The summed E-state index contributed by atoms with van der Waals surface area (Å²) in [5.74, 6) is -0.595. The predicted octanol–water partition coefficient (Wildman–Crippen LogP) is 3.16. The van der Waals surface area contributed by atoms with Crippen molar-refractivity contribution in [1.29, 1.82) is 0 Å². The first-order valence-corrected chi connectivity index (χ1v) is 6.92. The van der Waals surface area contributed by atoms with Crippen molar-refractivity contribution in [1.82, 2.24) is 4.90 Å². The van der Waals surface area contributed by atoms with Crippen LogP contribution in [0.25, 0.3) is 6.08 Å². The zero-order valence-electron chi connectivity index (χ0n) is 11.7. The number of rotatable bonds is 6. The Morgan fingerprint density at radius 1 is 1.50 bits per heavy atom. The fourth-order valence-corrected chi connectivity index (χ4v) is 2.50. The summed E-state index contributed by atoms with van der Waals surface area (Å²) in [7, 11) is 2.05. The lowest BCUT2D eigenvalue weighted by Crippen LogP contribution is -2.29. The highest BCUT2D eigenvalue weighted by Crippen LogP contribution is 2.27. The summed E-state index contributed by atoms with van der Waals surface area (Å²) in [4.78, 5) is 12.8. The van der Waals surface area contributed by atoms with Gasteiger partial charge < -0.3 is 10.0 Å². The van der Waals surface area contributed by atoms with Crippen molar-refractivity contribution in [2.45, 2.75) is 25.8 Å². The molecular weight excluding hydrogens is 257 g/mol. The van der Waals surface area contributed by atoms with Crippen molar-refractivity contribution >= 4 is 12.0 Å². The van der Waals surface area contributed by atoms with Gasteiger partial charge in [0.05, 0.1) is 0 Å². The highest BCUT2D eigenvalue weighted by atomic mass is 19.1. The lowest BCUT2D eigenvalue weighted by Gasteiger charge is -2.30. The van der Waals surface area contributed by atoms with Crippen LogP contribution in [0, 0.1) is 11.7 Å². The van der Waals surface area contributed by atoms with Crippen molar-refractivity contribution in [2.75, 3.05) is 13.6 Å². The lowest BCUT2D eigenvalue weighted by molar-refractivity contribution is -0.131. The third-order valence-electron chi connectivity index (χ3n) is 3.75. The summed E-state index contributed by atoms with van der Waals surface area (Å²) in [5, 5.41) is 8.68. The van der Waals surface area contributed by atoms with E-state index in [0.717, 1.165) is 24.1 Å². The molecule has 4 heteroatoms. The first-order valence-electron chi connectivity index (χ1n) is 6.92. The number of hydrogen-bond acceptors (Lipinski definition) is 2. The zero-order chi connectivity index (χ0) is 14.5. The van der Waals surface area contributed by atoms with Gasteiger partial charge in [0.1, 0.15) is 5.82 Å². The quantitative estimate of drug-likeness (QED) is 0.812. The molecule has 0 aliphatic heterocycles. The minimum Gasteiger partial charge on any atom is -0.478 e. The molecule has 1 saturated carbocycles. The molecule has 1 aliphatic carbocycles. The van der Waals surface area contributed by atoms with E-state index in [0.29, 0.717) is 12.1 Å². The van der Waals surface area contributed by atoms with E-state index >= 15 is 0 Å². The normalized spacial score (nSPS) is 15.8. The summed E-state index contributed by atoms with van der Waals surface area (Å²) >= 11 is 0. The molecule has 1 aromatic carbocycles. The Morgan fingerprint density at radius 3 is 2.85 bits per heavy atom. The molecule has 1 N–H and O–H groups in total. The number of aliphatic carboxylic acids is 1. The monoisotopic (exact) mass is 277 g/mol. The summed E-state index contributed by atoms with van der Waals surface area (Å²) in [6.07, 6.45) is 6.41. The van der Waals surface area contributed by atoms with Crippen LogP contribution in [-0.2, 0) is 11.3 Å². The van der Waals surface area contributed by atoms with Crippen LogP contribution in [0.3, 0.4) is 0 Å². The predicted molar refractivity (Wildman–Crippen MR) is 76.7 cm³/mol. The molecule has 3 nitrogen and oxygen atoms in total. The van der Waals surface area contributed by atoms with Gasteiger partial charge in [0, 0.05) is 19.2 Å². The lowest BCUT2D eigenvalue weighted by atomic mass is 9.85. The topological polar surface area (TPSA) is 40.5 Å². The SMILES string of the molecule is CN(Cc1ccc(F)cc1C=CC(=O)O)CC1CCC1. The Labute approximate surface area is 118 Å². The first-order chi connectivity index (χ1) is 9.54. The average molecular weight is 277 g/mol. The van der Waals surface area contributed by atoms with Crippen LogP contribution in [0.5, 0.6) is 0 Å². The number of carboxylic acid groups (broad SMARTS) is 1. The van der Waals surface area contributed by atoms with Crippen LogP contribution in [0.1, 0.15) is 30.4 Å². The largest absolute Gasteiger partial charge is 0.478 e. The van der Waals surface area contributed by atoms with Crippen LogP contribution in [0.4, 0.5) is 4.39 Å². The molecule has 0 heterocycles.